The first kappa shape index (κ1) is 15.3. The number of benzene rings is 1. The van der Waals surface area contributed by atoms with Crippen molar-refractivity contribution in [1.82, 2.24) is 0 Å². The fourth-order valence-corrected chi connectivity index (χ4v) is 1.46. The van der Waals surface area contributed by atoms with Crippen molar-refractivity contribution in [3.63, 3.8) is 0 Å². The molecule has 4 heteroatoms. The summed E-state index contributed by atoms with van der Waals surface area (Å²) in [4.78, 5) is 11.0. The molecule has 106 valence electrons. The quantitative estimate of drug-likeness (QED) is 0.905. The van der Waals surface area contributed by atoms with Crippen LogP contribution in [0.2, 0.25) is 0 Å². The third-order valence-electron chi connectivity index (χ3n) is 2.02. The van der Waals surface area contributed by atoms with Gasteiger partial charge < -0.3 is 14.6 Å². The molecule has 0 radical (unpaired) electrons. The molecule has 0 heterocycles. The number of aromatic carboxylic acids is 1. The van der Waals surface area contributed by atoms with Crippen LogP contribution in [0.25, 0.3) is 0 Å². The van der Waals surface area contributed by atoms with Crippen LogP contribution in [0.4, 0.5) is 0 Å². The van der Waals surface area contributed by atoms with Crippen molar-refractivity contribution in [1.29, 1.82) is 0 Å². The second-order valence-corrected chi connectivity index (χ2v) is 6.40. The van der Waals surface area contributed by atoms with Crippen molar-refractivity contribution in [3.8, 4) is 11.5 Å². The molecular formula is C15H22O4. The summed E-state index contributed by atoms with van der Waals surface area (Å²) in [5.74, 6) is 0.0100. The van der Waals surface area contributed by atoms with E-state index in [0.29, 0.717) is 11.5 Å². The van der Waals surface area contributed by atoms with Crippen LogP contribution in [0.15, 0.2) is 18.2 Å². The molecule has 0 aliphatic carbocycles. The number of hydrogen-bond acceptors (Lipinski definition) is 3. The maximum Gasteiger partial charge on any atom is 0.335 e. The van der Waals surface area contributed by atoms with Crippen LogP contribution in [0.5, 0.6) is 11.5 Å². The Morgan fingerprint density at radius 2 is 1.42 bits per heavy atom. The molecule has 0 atom stereocenters. The molecule has 0 bridgehead atoms. The highest BCUT2D eigenvalue weighted by atomic mass is 16.5. The van der Waals surface area contributed by atoms with E-state index in [1.54, 1.807) is 6.07 Å². The molecular weight excluding hydrogens is 244 g/mol. The highest BCUT2D eigenvalue weighted by Crippen LogP contribution is 2.33. The molecule has 0 spiro atoms. The molecule has 0 aliphatic heterocycles. The maximum atomic E-state index is 11.0. The lowest BCUT2D eigenvalue weighted by Gasteiger charge is -2.27. The van der Waals surface area contributed by atoms with Gasteiger partial charge in [0.1, 0.15) is 11.2 Å². The first-order valence-corrected chi connectivity index (χ1v) is 6.23. The van der Waals surface area contributed by atoms with E-state index in [4.69, 9.17) is 14.6 Å². The summed E-state index contributed by atoms with van der Waals surface area (Å²) >= 11 is 0. The number of hydrogen-bond donors (Lipinski definition) is 1. The molecule has 0 saturated carbocycles. The number of carboxylic acids is 1. The predicted octanol–water partition coefficient (Wildman–Crippen LogP) is 3.74. The van der Waals surface area contributed by atoms with Gasteiger partial charge in [0.25, 0.3) is 0 Å². The third-order valence-corrected chi connectivity index (χ3v) is 2.02. The Balaban J connectivity index is 3.19. The number of carbonyl (C=O) groups is 1. The zero-order chi connectivity index (χ0) is 14.8. The Hall–Kier alpha value is -1.71. The summed E-state index contributed by atoms with van der Waals surface area (Å²) in [6.07, 6.45) is 0. The molecule has 0 amide bonds. The van der Waals surface area contributed by atoms with Crippen molar-refractivity contribution >= 4 is 5.97 Å². The van der Waals surface area contributed by atoms with E-state index >= 15 is 0 Å². The van der Waals surface area contributed by atoms with Gasteiger partial charge in [0.15, 0.2) is 11.5 Å². The van der Waals surface area contributed by atoms with Crippen LogP contribution >= 0.6 is 0 Å². The molecule has 1 aromatic carbocycles. The number of rotatable bonds is 3. The van der Waals surface area contributed by atoms with Crippen molar-refractivity contribution in [2.45, 2.75) is 52.7 Å². The number of ether oxygens (including phenoxy) is 2. The molecule has 0 saturated heterocycles. The molecule has 0 aromatic heterocycles. The average Bonchev–Trinajstić information content (AvgIpc) is 2.15. The van der Waals surface area contributed by atoms with Crippen molar-refractivity contribution < 1.29 is 19.4 Å². The summed E-state index contributed by atoms with van der Waals surface area (Å²) in [6.45, 7) is 11.5. The van der Waals surface area contributed by atoms with Crippen LogP contribution in [-0.4, -0.2) is 22.3 Å². The van der Waals surface area contributed by atoms with E-state index in [2.05, 4.69) is 0 Å². The standard InChI is InChI=1S/C15H22O4/c1-14(2,3)18-11-8-7-10(13(16)17)9-12(11)19-15(4,5)6/h7-9H,1-6H3,(H,16,17). The minimum atomic E-state index is -0.985. The largest absolute Gasteiger partial charge is 0.484 e. The molecule has 0 aliphatic rings. The van der Waals surface area contributed by atoms with Crippen molar-refractivity contribution in [3.05, 3.63) is 23.8 Å². The Morgan fingerprint density at radius 3 is 1.84 bits per heavy atom. The summed E-state index contributed by atoms with van der Waals surface area (Å²) in [7, 11) is 0. The van der Waals surface area contributed by atoms with Gasteiger partial charge in [-0.25, -0.2) is 4.79 Å². The van der Waals surface area contributed by atoms with Crippen LogP contribution in [0, 0.1) is 0 Å². The summed E-state index contributed by atoms with van der Waals surface area (Å²) < 4.78 is 11.6. The van der Waals surface area contributed by atoms with E-state index in [-0.39, 0.29) is 11.2 Å². The van der Waals surface area contributed by atoms with Gasteiger partial charge in [-0.2, -0.15) is 0 Å². The summed E-state index contributed by atoms with van der Waals surface area (Å²) in [5.41, 5.74) is -0.617. The van der Waals surface area contributed by atoms with Gasteiger partial charge in [-0.3, -0.25) is 0 Å². The van der Waals surface area contributed by atoms with E-state index < -0.39 is 11.6 Å². The second kappa shape index (κ2) is 5.11. The Morgan fingerprint density at radius 1 is 0.947 bits per heavy atom. The van der Waals surface area contributed by atoms with Gasteiger partial charge in [-0.15, -0.1) is 0 Å². The molecule has 1 rings (SSSR count). The predicted molar refractivity (Wildman–Crippen MR) is 74.2 cm³/mol. The topological polar surface area (TPSA) is 55.8 Å². The van der Waals surface area contributed by atoms with E-state index in [9.17, 15) is 4.79 Å². The van der Waals surface area contributed by atoms with Gasteiger partial charge in [0.2, 0.25) is 0 Å². The zero-order valence-corrected chi connectivity index (χ0v) is 12.4. The minimum Gasteiger partial charge on any atom is -0.484 e. The normalized spacial score (nSPS) is 12.1. The van der Waals surface area contributed by atoms with Crippen LogP contribution in [0.3, 0.4) is 0 Å². The SMILES string of the molecule is CC(C)(C)Oc1ccc(C(=O)O)cc1OC(C)(C)C. The summed E-state index contributed by atoms with van der Waals surface area (Å²) in [6, 6.07) is 4.64. The maximum absolute atomic E-state index is 11.0. The Bertz CT molecular complexity index is 464. The molecule has 0 unspecified atom stereocenters. The van der Waals surface area contributed by atoms with E-state index in [1.165, 1.54) is 12.1 Å². The Kier molecular flexibility index (Phi) is 4.13. The average molecular weight is 266 g/mol. The monoisotopic (exact) mass is 266 g/mol. The highest BCUT2D eigenvalue weighted by Gasteiger charge is 2.21. The van der Waals surface area contributed by atoms with Crippen LogP contribution in [0.1, 0.15) is 51.9 Å². The van der Waals surface area contributed by atoms with E-state index in [0.717, 1.165) is 0 Å². The minimum absolute atomic E-state index is 0.181. The zero-order valence-electron chi connectivity index (χ0n) is 12.4. The highest BCUT2D eigenvalue weighted by molar-refractivity contribution is 5.88. The van der Waals surface area contributed by atoms with Gasteiger partial charge in [0.05, 0.1) is 5.56 Å². The first-order chi connectivity index (χ1) is 8.48. The smallest absolute Gasteiger partial charge is 0.335 e. The van der Waals surface area contributed by atoms with Gasteiger partial charge in [0, 0.05) is 0 Å². The fraction of sp³-hybridized carbons (Fsp3) is 0.533. The van der Waals surface area contributed by atoms with Crippen molar-refractivity contribution in [2.75, 3.05) is 0 Å². The fourth-order valence-electron chi connectivity index (χ4n) is 1.46. The summed E-state index contributed by atoms with van der Waals surface area (Å²) in [5, 5.41) is 9.03. The van der Waals surface area contributed by atoms with Gasteiger partial charge in [-0.05, 0) is 59.7 Å². The number of carboxylic acid groups (broad SMARTS) is 1. The molecule has 1 N–H and O–H groups in total. The van der Waals surface area contributed by atoms with E-state index in [1.807, 2.05) is 41.5 Å². The second-order valence-electron chi connectivity index (χ2n) is 6.40. The lowest BCUT2D eigenvalue weighted by atomic mass is 10.1. The van der Waals surface area contributed by atoms with Gasteiger partial charge in [-0.1, -0.05) is 0 Å². The molecule has 0 fully saturated rings. The molecule has 19 heavy (non-hydrogen) atoms. The lowest BCUT2D eigenvalue weighted by Crippen LogP contribution is -2.26. The van der Waals surface area contributed by atoms with Gasteiger partial charge >= 0.3 is 5.97 Å². The lowest BCUT2D eigenvalue weighted by molar-refractivity contribution is 0.0692. The third kappa shape index (κ3) is 5.20. The van der Waals surface area contributed by atoms with Crippen LogP contribution in [-0.2, 0) is 0 Å². The van der Waals surface area contributed by atoms with Crippen LogP contribution < -0.4 is 9.47 Å². The molecule has 4 nitrogen and oxygen atoms in total. The first-order valence-electron chi connectivity index (χ1n) is 6.23. The Labute approximate surface area is 114 Å². The molecule has 1 aromatic rings. The van der Waals surface area contributed by atoms with Crippen molar-refractivity contribution in [2.24, 2.45) is 0 Å².